The minimum absolute atomic E-state index is 0.0264. The van der Waals surface area contributed by atoms with Crippen molar-refractivity contribution in [3.63, 3.8) is 0 Å². The third kappa shape index (κ3) is 3.51. The fourth-order valence-electron chi connectivity index (χ4n) is 2.94. The number of carbonyl (C=O) groups excluding carboxylic acids is 1. The summed E-state index contributed by atoms with van der Waals surface area (Å²) in [6, 6.07) is 7.99. The van der Waals surface area contributed by atoms with E-state index >= 15 is 0 Å². The van der Waals surface area contributed by atoms with Crippen molar-refractivity contribution in [3.05, 3.63) is 42.4 Å². The Bertz CT molecular complexity index is 624. The third-order valence-electron chi connectivity index (χ3n) is 3.97. The molecular formula is C16H21N5O. The Labute approximate surface area is 130 Å². The maximum absolute atomic E-state index is 12.2. The van der Waals surface area contributed by atoms with Gasteiger partial charge in [-0.2, -0.15) is 5.10 Å². The lowest BCUT2D eigenvalue weighted by atomic mass is 9.99. The Morgan fingerprint density at radius 2 is 2.27 bits per heavy atom. The minimum atomic E-state index is -0.0264. The van der Waals surface area contributed by atoms with Crippen molar-refractivity contribution >= 4 is 11.7 Å². The van der Waals surface area contributed by atoms with Crippen LogP contribution in [0.15, 0.2) is 36.7 Å². The smallest absolute Gasteiger partial charge is 0.239 e. The van der Waals surface area contributed by atoms with Gasteiger partial charge in [0, 0.05) is 25.5 Å². The van der Waals surface area contributed by atoms with Crippen LogP contribution in [0.25, 0.3) is 0 Å². The van der Waals surface area contributed by atoms with Crippen LogP contribution in [0.4, 0.5) is 5.82 Å². The molecule has 0 aromatic carbocycles. The van der Waals surface area contributed by atoms with E-state index in [4.69, 9.17) is 0 Å². The van der Waals surface area contributed by atoms with E-state index in [1.54, 1.807) is 10.7 Å². The van der Waals surface area contributed by atoms with Crippen LogP contribution in [0.3, 0.4) is 0 Å². The quantitative estimate of drug-likeness (QED) is 0.937. The van der Waals surface area contributed by atoms with E-state index in [2.05, 4.69) is 20.3 Å². The molecule has 2 aromatic heterocycles. The molecular weight excluding hydrogens is 278 g/mol. The van der Waals surface area contributed by atoms with Crippen LogP contribution in [0.2, 0.25) is 0 Å². The van der Waals surface area contributed by atoms with Crippen molar-refractivity contribution < 1.29 is 4.79 Å². The number of likely N-dealkylation sites (tertiary alicyclic amines) is 1. The Hall–Kier alpha value is -2.21. The normalized spacial score (nSPS) is 19.0. The topological polar surface area (TPSA) is 63.1 Å². The molecule has 1 saturated heterocycles. The lowest BCUT2D eigenvalue weighted by molar-refractivity contribution is -0.118. The number of amides is 1. The lowest BCUT2D eigenvalue weighted by Gasteiger charge is -2.34. The van der Waals surface area contributed by atoms with Crippen molar-refractivity contribution in [1.29, 1.82) is 0 Å². The lowest BCUT2D eigenvalue weighted by Crippen LogP contribution is -2.39. The molecule has 116 valence electrons. The highest BCUT2D eigenvalue weighted by Gasteiger charge is 2.26. The van der Waals surface area contributed by atoms with Gasteiger partial charge in [0.25, 0.3) is 0 Å². The summed E-state index contributed by atoms with van der Waals surface area (Å²) in [4.78, 5) is 18.9. The standard InChI is InChI=1S/C16H21N5O/c1-20-11-8-15(19-20)18-16(22)12-21-10-5-3-7-14(21)13-6-2-4-9-17-13/h2,4,6,8-9,11,14H,3,5,7,10,12H2,1H3,(H,18,19,22)/t14-/m0/s1. The highest BCUT2D eigenvalue weighted by Crippen LogP contribution is 2.29. The van der Waals surface area contributed by atoms with E-state index in [9.17, 15) is 4.79 Å². The number of pyridine rings is 1. The van der Waals surface area contributed by atoms with Gasteiger partial charge in [-0.1, -0.05) is 12.5 Å². The van der Waals surface area contributed by atoms with Gasteiger partial charge in [-0.3, -0.25) is 19.4 Å². The first-order chi connectivity index (χ1) is 10.7. The van der Waals surface area contributed by atoms with Gasteiger partial charge in [0.1, 0.15) is 0 Å². The molecule has 1 atom stereocenters. The van der Waals surface area contributed by atoms with Crippen LogP contribution in [0, 0.1) is 0 Å². The number of rotatable bonds is 4. The first-order valence-electron chi connectivity index (χ1n) is 7.67. The minimum Gasteiger partial charge on any atom is -0.308 e. The van der Waals surface area contributed by atoms with Gasteiger partial charge in [-0.05, 0) is 31.5 Å². The van der Waals surface area contributed by atoms with E-state index in [1.807, 2.05) is 37.6 Å². The number of nitrogens with zero attached hydrogens (tertiary/aromatic N) is 4. The van der Waals surface area contributed by atoms with E-state index < -0.39 is 0 Å². The number of anilines is 1. The summed E-state index contributed by atoms with van der Waals surface area (Å²) >= 11 is 0. The number of aromatic nitrogens is 3. The molecule has 1 aliphatic rings. The molecule has 0 radical (unpaired) electrons. The number of hydrogen-bond acceptors (Lipinski definition) is 4. The third-order valence-corrected chi connectivity index (χ3v) is 3.97. The molecule has 22 heavy (non-hydrogen) atoms. The van der Waals surface area contributed by atoms with Crippen LogP contribution in [0.5, 0.6) is 0 Å². The van der Waals surface area contributed by atoms with Crippen LogP contribution in [-0.4, -0.2) is 38.7 Å². The average Bonchev–Trinajstić information content (AvgIpc) is 2.93. The average molecular weight is 299 g/mol. The first kappa shape index (κ1) is 14.7. The summed E-state index contributed by atoms with van der Waals surface area (Å²) in [5, 5.41) is 7.02. The van der Waals surface area contributed by atoms with Crippen molar-refractivity contribution in [2.45, 2.75) is 25.3 Å². The van der Waals surface area contributed by atoms with E-state index in [-0.39, 0.29) is 11.9 Å². The molecule has 1 amide bonds. The number of nitrogens with one attached hydrogen (secondary N) is 1. The zero-order valence-electron chi connectivity index (χ0n) is 12.8. The Balaban J connectivity index is 1.65. The van der Waals surface area contributed by atoms with Crippen LogP contribution < -0.4 is 5.32 Å². The summed E-state index contributed by atoms with van der Waals surface area (Å²) in [5.41, 5.74) is 1.05. The predicted octanol–water partition coefficient (Wildman–Crippen LogP) is 1.98. The van der Waals surface area contributed by atoms with Gasteiger partial charge in [-0.25, -0.2) is 0 Å². The summed E-state index contributed by atoms with van der Waals surface area (Å²) in [5.74, 6) is 0.570. The molecule has 1 N–H and O–H groups in total. The predicted molar refractivity (Wildman–Crippen MR) is 84.2 cm³/mol. The number of hydrogen-bond donors (Lipinski definition) is 1. The summed E-state index contributed by atoms with van der Waals surface area (Å²) < 4.78 is 1.67. The Morgan fingerprint density at radius 1 is 1.36 bits per heavy atom. The SMILES string of the molecule is Cn1ccc(NC(=O)CN2CCCC[C@H]2c2ccccn2)n1. The van der Waals surface area contributed by atoms with Crippen LogP contribution in [0.1, 0.15) is 31.0 Å². The molecule has 3 heterocycles. The molecule has 1 aliphatic heterocycles. The highest BCUT2D eigenvalue weighted by atomic mass is 16.2. The number of piperidine rings is 1. The maximum atomic E-state index is 12.2. The summed E-state index contributed by atoms with van der Waals surface area (Å²) in [6.07, 6.45) is 6.98. The fourth-order valence-corrected chi connectivity index (χ4v) is 2.94. The molecule has 6 heteroatoms. The monoisotopic (exact) mass is 299 g/mol. The second-order valence-corrected chi connectivity index (χ2v) is 5.66. The molecule has 0 spiro atoms. The summed E-state index contributed by atoms with van der Waals surface area (Å²) in [7, 11) is 1.83. The molecule has 2 aromatic rings. The van der Waals surface area contributed by atoms with Gasteiger partial charge < -0.3 is 5.32 Å². The van der Waals surface area contributed by atoms with Gasteiger partial charge in [0.2, 0.25) is 5.91 Å². The second kappa shape index (κ2) is 6.70. The number of carbonyl (C=O) groups is 1. The zero-order chi connectivity index (χ0) is 15.4. The summed E-state index contributed by atoms with van der Waals surface area (Å²) in [6.45, 7) is 1.30. The van der Waals surface area contributed by atoms with Crippen molar-refractivity contribution in [2.75, 3.05) is 18.4 Å². The van der Waals surface area contributed by atoms with Crippen LogP contribution in [-0.2, 0) is 11.8 Å². The molecule has 0 bridgehead atoms. The van der Waals surface area contributed by atoms with Crippen molar-refractivity contribution in [3.8, 4) is 0 Å². The fraction of sp³-hybridized carbons (Fsp3) is 0.438. The number of aryl methyl sites for hydroxylation is 1. The van der Waals surface area contributed by atoms with Gasteiger partial charge in [0.05, 0.1) is 18.3 Å². The Morgan fingerprint density at radius 3 is 3.00 bits per heavy atom. The van der Waals surface area contributed by atoms with Crippen molar-refractivity contribution in [1.82, 2.24) is 19.7 Å². The van der Waals surface area contributed by atoms with E-state index in [1.165, 1.54) is 6.42 Å². The zero-order valence-corrected chi connectivity index (χ0v) is 12.8. The molecule has 3 rings (SSSR count). The van der Waals surface area contributed by atoms with Gasteiger partial charge >= 0.3 is 0 Å². The van der Waals surface area contributed by atoms with E-state index in [0.29, 0.717) is 12.4 Å². The molecule has 0 aliphatic carbocycles. The van der Waals surface area contributed by atoms with Crippen LogP contribution >= 0.6 is 0 Å². The molecule has 1 fully saturated rings. The molecule has 6 nitrogen and oxygen atoms in total. The highest BCUT2D eigenvalue weighted by molar-refractivity contribution is 5.91. The maximum Gasteiger partial charge on any atom is 0.239 e. The first-order valence-corrected chi connectivity index (χ1v) is 7.67. The van der Waals surface area contributed by atoms with Gasteiger partial charge in [0.15, 0.2) is 5.82 Å². The Kier molecular flexibility index (Phi) is 4.48. The second-order valence-electron chi connectivity index (χ2n) is 5.66. The van der Waals surface area contributed by atoms with Crippen molar-refractivity contribution in [2.24, 2.45) is 7.05 Å². The van der Waals surface area contributed by atoms with E-state index in [0.717, 1.165) is 25.1 Å². The van der Waals surface area contributed by atoms with Gasteiger partial charge in [-0.15, -0.1) is 0 Å². The largest absolute Gasteiger partial charge is 0.308 e. The molecule has 0 unspecified atom stereocenters. The molecule has 0 saturated carbocycles.